The van der Waals surface area contributed by atoms with Gasteiger partial charge < -0.3 is 5.32 Å². The Labute approximate surface area is 125 Å². The monoisotopic (exact) mass is 319 g/mol. The van der Waals surface area contributed by atoms with Gasteiger partial charge in [-0.25, -0.2) is 0 Å². The van der Waals surface area contributed by atoms with Crippen LogP contribution in [-0.4, -0.2) is 22.7 Å². The van der Waals surface area contributed by atoms with Crippen molar-refractivity contribution in [3.05, 3.63) is 29.8 Å². The molecule has 0 aromatic heterocycles. The SMILES string of the molecule is C[S@](=O)Cc1cccc(N[C@@H]2CCC[C@@H](C(F)(F)F)C2)c1. The lowest BCUT2D eigenvalue weighted by Crippen LogP contribution is -2.34. The van der Waals surface area contributed by atoms with E-state index in [1.165, 1.54) is 0 Å². The number of anilines is 1. The van der Waals surface area contributed by atoms with E-state index in [0.717, 1.165) is 17.7 Å². The first-order chi connectivity index (χ1) is 9.84. The molecule has 2 rings (SSSR count). The second-order valence-electron chi connectivity index (χ2n) is 5.66. The Morgan fingerprint density at radius 3 is 2.76 bits per heavy atom. The Bertz CT molecular complexity index is 504. The summed E-state index contributed by atoms with van der Waals surface area (Å²) in [4.78, 5) is 0. The van der Waals surface area contributed by atoms with Crippen LogP contribution in [0, 0.1) is 5.92 Å². The highest BCUT2D eigenvalue weighted by Crippen LogP contribution is 2.38. The minimum absolute atomic E-state index is 0.132. The molecule has 0 amide bonds. The third-order valence-electron chi connectivity index (χ3n) is 3.80. The van der Waals surface area contributed by atoms with E-state index < -0.39 is 22.9 Å². The van der Waals surface area contributed by atoms with Gasteiger partial charge in [0.2, 0.25) is 0 Å². The van der Waals surface area contributed by atoms with Gasteiger partial charge in [0.25, 0.3) is 0 Å². The molecule has 3 atom stereocenters. The Morgan fingerprint density at radius 2 is 2.10 bits per heavy atom. The average Bonchev–Trinajstić information content (AvgIpc) is 2.37. The molecule has 0 radical (unpaired) electrons. The molecule has 0 saturated heterocycles. The predicted molar refractivity (Wildman–Crippen MR) is 79.6 cm³/mol. The van der Waals surface area contributed by atoms with Crippen LogP contribution >= 0.6 is 0 Å². The van der Waals surface area contributed by atoms with E-state index in [2.05, 4.69) is 5.32 Å². The number of nitrogens with one attached hydrogen (secondary N) is 1. The number of benzene rings is 1. The van der Waals surface area contributed by atoms with Crippen molar-refractivity contribution in [3.8, 4) is 0 Å². The summed E-state index contributed by atoms with van der Waals surface area (Å²) in [6.07, 6.45) is -0.739. The Morgan fingerprint density at radius 1 is 1.33 bits per heavy atom. The second-order valence-corrected chi connectivity index (χ2v) is 7.10. The lowest BCUT2D eigenvalue weighted by molar-refractivity contribution is -0.182. The van der Waals surface area contributed by atoms with Crippen molar-refractivity contribution < 1.29 is 17.4 Å². The molecule has 6 heteroatoms. The molecule has 0 unspecified atom stereocenters. The summed E-state index contributed by atoms with van der Waals surface area (Å²) in [6, 6.07) is 7.30. The zero-order chi connectivity index (χ0) is 15.5. The zero-order valence-electron chi connectivity index (χ0n) is 12.0. The van der Waals surface area contributed by atoms with E-state index in [1.54, 1.807) is 6.26 Å². The topological polar surface area (TPSA) is 29.1 Å². The minimum Gasteiger partial charge on any atom is -0.382 e. The van der Waals surface area contributed by atoms with Gasteiger partial charge in [0, 0.05) is 34.5 Å². The summed E-state index contributed by atoms with van der Waals surface area (Å²) in [6.45, 7) is 0. The van der Waals surface area contributed by atoms with E-state index >= 15 is 0 Å². The molecular formula is C15H20F3NOS. The van der Waals surface area contributed by atoms with Gasteiger partial charge in [-0.05, 0) is 37.0 Å². The Kier molecular flexibility index (Phi) is 5.30. The number of halogens is 3. The van der Waals surface area contributed by atoms with Gasteiger partial charge in [-0.15, -0.1) is 0 Å². The second kappa shape index (κ2) is 6.81. The third-order valence-corrected chi connectivity index (χ3v) is 4.54. The molecule has 0 heterocycles. The molecule has 0 aliphatic heterocycles. The van der Waals surface area contributed by atoms with E-state index in [4.69, 9.17) is 0 Å². The first kappa shape index (κ1) is 16.3. The van der Waals surface area contributed by atoms with Crippen molar-refractivity contribution in [2.24, 2.45) is 5.92 Å². The molecule has 0 bridgehead atoms. The third kappa shape index (κ3) is 5.02. The summed E-state index contributed by atoms with van der Waals surface area (Å²) in [5.41, 5.74) is 1.75. The normalized spacial score (nSPS) is 24.6. The van der Waals surface area contributed by atoms with Crippen molar-refractivity contribution in [2.45, 2.75) is 43.7 Å². The van der Waals surface area contributed by atoms with Crippen LogP contribution in [0.2, 0.25) is 0 Å². The summed E-state index contributed by atoms with van der Waals surface area (Å²) in [5, 5.41) is 3.20. The largest absolute Gasteiger partial charge is 0.391 e. The fourth-order valence-corrected chi connectivity index (χ4v) is 3.49. The quantitative estimate of drug-likeness (QED) is 0.905. The minimum atomic E-state index is -4.10. The molecular weight excluding hydrogens is 299 g/mol. The lowest BCUT2D eigenvalue weighted by atomic mass is 9.85. The van der Waals surface area contributed by atoms with E-state index in [0.29, 0.717) is 12.2 Å². The molecule has 21 heavy (non-hydrogen) atoms. The molecule has 1 aromatic carbocycles. The molecule has 1 aliphatic rings. The summed E-state index contributed by atoms with van der Waals surface area (Å²) >= 11 is 0. The molecule has 1 saturated carbocycles. The highest BCUT2D eigenvalue weighted by molar-refractivity contribution is 7.83. The fourth-order valence-electron chi connectivity index (χ4n) is 2.84. The predicted octanol–water partition coefficient (Wildman–Crippen LogP) is 4.10. The lowest BCUT2D eigenvalue weighted by Gasteiger charge is -2.31. The van der Waals surface area contributed by atoms with Gasteiger partial charge in [0.05, 0.1) is 5.92 Å². The van der Waals surface area contributed by atoms with Crippen LogP contribution in [0.25, 0.3) is 0 Å². The van der Waals surface area contributed by atoms with Crippen molar-refractivity contribution in [1.82, 2.24) is 0 Å². The van der Waals surface area contributed by atoms with Crippen molar-refractivity contribution in [3.63, 3.8) is 0 Å². The van der Waals surface area contributed by atoms with Crippen LogP contribution in [0.1, 0.15) is 31.2 Å². The van der Waals surface area contributed by atoms with Crippen LogP contribution in [0.3, 0.4) is 0 Å². The number of hydrogen-bond acceptors (Lipinski definition) is 2. The van der Waals surface area contributed by atoms with Gasteiger partial charge in [-0.1, -0.05) is 18.6 Å². The molecule has 1 aliphatic carbocycles. The van der Waals surface area contributed by atoms with E-state index in [9.17, 15) is 17.4 Å². The van der Waals surface area contributed by atoms with Crippen molar-refractivity contribution in [1.29, 1.82) is 0 Å². The van der Waals surface area contributed by atoms with Crippen LogP contribution in [0.4, 0.5) is 18.9 Å². The maximum absolute atomic E-state index is 12.8. The van der Waals surface area contributed by atoms with Crippen LogP contribution in [0.15, 0.2) is 24.3 Å². The van der Waals surface area contributed by atoms with Gasteiger partial charge in [0.1, 0.15) is 0 Å². The smallest absolute Gasteiger partial charge is 0.382 e. The van der Waals surface area contributed by atoms with Crippen LogP contribution in [0.5, 0.6) is 0 Å². The molecule has 2 nitrogen and oxygen atoms in total. The summed E-state index contributed by atoms with van der Waals surface area (Å²) in [5.74, 6) is -0.735. The van der Waals surface area contributed by atoms with Gasteiger partial charge in [-0.3, -0.25) is 4.21 Å². The number of hydrogen-bond donors (Lipinski definition) is 1. The maximum Gasteiger partial charge on any atom is 0.391 e. The highest BCUT2D eigenvalue weighted by atomic mass is 32.2. The fraction of sp³-hybridized carbons (Fsp3) is 0.600. The summed E-state index contributed by atoms with van der Waals surface area (Å²) < 4.78 is 49.6. The van der Waals surface area contributed by atoms with Gasteiger partial charge in [-0.2, -0.15) is 13.2 Å². The summed E-state index contributed by atoms with van der Waals surface area (Å²) in [7, 11) is -0.926. The van der Waals surface area contributed by atoms with Crippen molar-refractivity contribution >= 4 is 16.5 Å². The molecule has 0 spiro atoms. The average molecular weight is 319 g/mol. The number of alkyl halides is 3. The maximum atomic E-state index is 12.8. The standard InChI is InChI=1S/C15H20F3NOS/c1-21(20)10-11-4-2-6-13(8-11)19-14-7-3-5-12(9-14)15(16,17)18/h2,4,6,8,12,14,19H,3,5,7,9-10H2,1H3/t12-,14-,21+/m1/s1. The Hall–Kier alpha value is -1.04. The first-order valence-corrected chi connectivity index (χ1v) is 8.79. The van der Waals surface area contributed by atoms with E-state index in [1.807, 2.05) is 24.3 Å². The number of rotatable bonds is 4. The van der Waals surface area contributed by atoms with Gasteiger partial charge >= 0.3 is 6.18 Å². The first-order valence-electron chi connectivity index (χ1n) is 7.07. The highest BCUT2D eigenvalue weighted by Gasteiger charge is 2.42. The van der Waals surface area contributed by atoms with Crippen LogP contribution < -0.4 is 5.32 Å². The van der Waals surface area contributed by atoms with Crippen LogP contribution in [-0.2, 0) is 16.6 Å². The van der Waals surface area contributed by atoms with Gasteiger partial charge in [0.15, 0.2) is 0 Å². The Balaban J connectivity index is 1.99. The van der Waals surface area contributed by atoms with Crippen molar-refractivity contribution in [2.75, 3.05) is 11.6 Å². The van der Waals surface area contributed by atoms with E-state index in [-0.39, 0.29) is 18.9 Å². The molecule has 1 aromatic rings. The zero-order valence-corrected chi connectivity index (χ0v) is 12.8. The molecule has 1 N–H and O–H groups in total. The molecule has 1 fully saturated rings. The molecule has 118 valence electrons.